The van der Waals surface area contributed by atoms with Gasteiger partial charge in [0.25, 0.3) is 5.91 Å². The summed E-state index contributed by atoms with van der Waals surface area (Å²) in [6.45, 7) is 2.43. The first kappa shape index (κ1) is 18.3. The monoisotopic (exact) mass is 352 g/mol. The highest BCUT2D eigenvalue weighted by Crippen LogP contribution is 2.22. The number of likely N-dealkylation sites (tertiary alicyclic amines) is 1. The molecule has 0 bridgehead atoms. The zero-order valence-corrected chi connectivity index (χ0v) is 14.5. The number of nitrogens with zero attached hydrogens (tertiary/aromatic N) is 2. The average Bonchev–Trinajstić information content (AvgIpc) is 2.56. The Bertz CT molecular complexity index is 662. The minimum atomic E-state index is -0.886. The van der Waals surface area contributed by atoms with Gasteiger partial charge in [0, 0.05) is 20.1 Å². The van der Waals surface area contributed by atoms with Crippen molar-refractivity contribution in [3.8, 4) is 0 Å². The van der Waals surface area contributed by atoms with Crippen LogP contribution in [0.5, 0.6) is 0 Å². The molecule has 1 saturated heterocycles. The van der Waals surface area contributed by atoms with Gasteiger partial charge in [-0.2, -0.15) is 0 Å². The molecular weight excluding hydrogens is 332 g/mol. The number of likely N-dealkylation sites (N-methyl/N-ethyl adjacent to an activating group) is 1. The first-order valence-corrected chi connectivity index (χ1v) is 8.20. The number of benzene rings is 1. The van der Waals surface area contributed by atoms with Crippen LogP contribution in [0.3, 0.4) is 0 Å². The van der Waals surface area contributed by atoms with E-state index in [2.05, 4.69) is 0 Å². The van der Waals surface area contributed by atoms with Gasteiger partial charge in [0.1, 0.15) is 0 Å². The van der Waals surface area contributed by atoms with Gasteiger partial charge in [-0.1, -0.05) is 23.7 Å². The third-order valence-electron chi connectivity index (χ3n) is 4.26. The van der Waals surface area contributed by atoms with E-state index in [4.69, 9.17) is 16.7 Å². The lowest BCUT2D eigenvalue weighted by Gasteiger charge is -2.32. The van der Waals surface area contributed by atoms with Crippen molar-refractivity contribution in [3.05, 3.63) is 34.3 Å². The molecule has 1 heterocycles. The van der Waals surface area contributed by atoms with Crippen LogP contribution in [-0.2, 0) is 9.59 Å². The second kappa shape index (κ2) is 7.66. The number of carboxylic acid groups (broad SMARTS) is 1. The smallest absolute Gasteiger partial charge is 0.308 e. The Hall–Kier alpha value is -2.08. The zero-order valence-electron chi connectivity index (χ0n) is 13.8. The van der Waals surface area contributed by atoms with Crippen molar-refractivity contribution < 1.29 is 19.5 Å². The lowest BCUT2D eigenvalue weighted by Crippen LogP contribution is -2.46. The van der Waals surface area contributed by atoms with E-state index >= 15 is 0 Å². The summed E-state index contributed by atoms with van der Waals surface area (Å²) in [7, 11) is 1.54. The SMILES string of the molecule is Cc1cccc(C(=O)N(C)CC(=O)N2CCCC(C(=O)O)C2)c1Cl. The Morgan fingerprint density at radius 2 is 2.08 bits per heavy atom. The normalized spacial score (nSPS) is 17.5. The molecule has 0 aliphatic carbocycles. The Balaban J connectivity index is 2.02. The minimum absolute atomic E-state index is 0.102. The number of amides is 2. The molecule has 0 radical (unpaired) electrons. The van der Waals surface area contributed by atoms with Crippen LogP contribution in [0.2, 0.25) is 5.02 Å². The molecule has 1 aromatic rings. The largest absolute Gasteiger partial charge is 0.481 e. The highest BCUT2D eigenvalue weighted by molar-refractivity contribution is 6.34. The van der Waals surface area contributed by atoms with Crippen LogP contribution in [-0.4, -0.2) is 59.4 Å². The number of halogens is 1. The number of rotatable bonds is 4. The Morgan fingerprint density at radius 1 is 1.38 bits per heavy atom. The fraction of sp³-hybridized carbons (Fsp3) is 0.471. The first-order chi connectivity index (χ1) is 11.3. The second-order valence-electron chi connectivity index (χ2n) is 6.11. The molecule has 1 atom stereocenters. The lowest BCUT2D eigenvalue weighted by molar-refractivity contribution is -0.145. The van der Waals surface area contributed by atoms with E-state index in [9.17, 15) is 14.4 Å². The number of hydrogen-bond acceptors (Lipinski definition) is 3. The van der Waals surface area contributed by atoms with Crippen molar-refractivity contribution in [2.45, 2.75) is 19.8 Å². The maximum absolute atomic E-state index is 12.5. The van der Waals surface area contributed by atoms with E-state index in [-0.39, 0.29) is 24.9 Å². The van der Waals surface area contributed by atoms with Crippen molar-refractivity contribution in [3.63, 3.8) is 0 Å². The van der Waals surface area contributed by atoms with E-state index < -0.39 is 11.9 Å². The van der Waals surface area contributed by atoms with E-state index in [1.54, 1.807) is 12.1 Å². The molecule has 1 unspecified atom stereocenters. The molecule has 1 aromatic carbocycles. The Kier molecular flexibility index (Phi) is 5.83. The van der Waals surface area contributed by atoms with Crippen LogP contribution in [0.4, 0.5) is 0 Å². The number of piperidine rings is 1. The van der Waals surface area contributed by atoms with E-state index in [1.807, 2.05) is 13.0 Å². The number of carboxylic acids is 1. The average molecular weight is 353 g/mol. The fourth-order valence-electron chi connectivity index (χ4n) is 2.80. The third-order valence-corrected chi connectivity index (χ3v) is 4.77. The minimum Gasteiger partial charge on any atom is -0.481 e. The van der Waals surface area contributed by atoms with Crippen LogP contribution in [0.25, 0.3) is 0 Å². The summed E-state index contributed by atoms with van der Waals surface area (Å²) in [4.78, 5) is 38.8. The van der Waals surface area contributed by atoms with E-state index in [1.165, 1.54) is 16.8 Å². The van der Waals surface area contributed by atoms with Crippen molar-refractivity contribution in [2.24, 2.45) is 5.92 Å². The van der Waals surface area contributed by atoms with Gasteiger partial charge >= 0.3 is 5.97 Å². The van der Waals surface area contributed by atoms with Gasteiger partial charge in [0.15, 0.2) is 0 Å². The fourth-order valence-corrected chi connectivity index (χ4v) is 3.00. The summed E-state index contributed by atoms with van der Waals surface area (Å²) in [6, 6.07) is 5.18. The third kappa shape index (κ3) is 4.06. The zero-order chi connectivity index (χ0) is 17.9. The quantitative estimate of drug-likeness (QED) is 0.899. The summed E-state index contributed by atoms with van der Waals surface area (Å²) in [5.41, 5.74) is 1.15. The molecular formula is C17H21ClN2O4. The van der Waals surface area contributed by atoms with Crippen LogP contribution in [0, 0.1) is 12.8 Å². The standard InChI is InChI=1S/C17H21ClN2O4/c1-11-5-3-7-13(15(11)18)16(22)19(2)10-14(21)20-8-4-6-12(9-20)17(23)24/h3,5,7,12H,4,6,8-10H2,1-2H3,(H,23,24). The van der Waals surface area contributed by atoms with Gasteiger partial charge in [-0.3, -0.25) is 14.4 Å². The molecule has 2 amide bonds. The Labute approximate surface area is 146 Å². The number of aryl methyl sites for hydroxylation is 1. The van der Waals surface area contributed by atoms with Crippen LogP contribution in [0.1, 0.15) is 28.8 Å². The highest BCUT2D eigenvalue weighted by Gasteiger charge is 2.29. The van der Waals surface area contributed by atoms with Gasteiger partial charge in [-0.05, 0) is 31.4 Å². The van der Waals surface area contributed by atoms with Gasteiger partial charge < -0.3 is 14.9 Å². The van der Waals surface area contributed by atoms with E-state index in [0.717, 1.165) is 5.56 Å². The number of carbonyl (C=O) groups is 3. The van der Waals surface area contributed by atoms with Crippen molar-refractivity contribution >= 4 is 29.4 Å². The lowest BCUT2D eigenvalue weighted by atomic mass is 9.98. The molecule has 1 N–H and O–H groups in total. The highest BCUT2D eigenvalue weighted by atomic mass is 35.5. The molecule has 1 aliphatic heterocycles. The molecule has 0 spiro atoms. The molecule has 7 heteroatoms. The van der Waals surface area contributed by atoms with Crippen molar-refractivity contribution in [1.82, 2.24) is 9.80 Å². The topological polar surface area (TPSA) is 77.9 Å². The molecule has 0 aromatic heterocycles. The summed E-state index contributed by atoms with van der Waals surface area (Å²) < 4.78 is 0. The number of carbonyl (C=O) groups excluding carboxylic acids is 2. The molecule has 1 aliphatic rings. The van der Waals surface area contributed by atoms with Crippen LogP contribution < -0.4 is 0 Å². The molecule has 24 heavy (non-hydrogen) atoms. The maximum atomic E-state index is 12.5. The molecule has 0 saturated carbocycles. The summed E-state index contributed by atoms with van der Waals surface area (Å²) in [6.07, 6.45) is 1.23. The maximum Gasteiger partial charge on any atom is 0.308 e. The van der Waals surface area contributed by atoms with Gasteiger partial charge in [-0.15, -0.1) is 0 Å². The number of hydrogen-bond donors (Lipinski definition) is 1. The van der Waals surface area contributed by atoms with Gasteiger partial charge in [-0.25, -0.2) is 0 Å². The van der Waals surface area contributed by atoms with Crippen molar-refractivity contribution in [2.75, 3.05) is 26.7 Å². The Morgan fingerprint density at radius 3 is 2.75 bits per heavy atom. The predicted octanol–water partition coefficient (Wildman–Crippen LogP) is 2.04. The van der Waals surface area contributed by atoms with E-state index in [0.29, 0.717) is 30.0 Å². The van der Waals surface area contributed by atoms with Crippen molar-refractivity contribution in [1.29, 1.82) is 0 Å². The molecule has 130 valence electrons. The van der Waals surface area contributed by atoms with Crippen LogP contribution in [0.15, 0.2) is 18.2 Å². The number of aliphatic carboxylic acids is 1. The molecule has 2 rings (SSSR count). The second-order valence-corrected chi connectivity index (χ2v) is 6.49. The van der Waals surface area contributed by atoms with Crippen LogP contribution >= 0.6 is 11.6 Å². The van der Waals surface area contributed by atoms with Gasteiger partial charge in [0.2, 0.25) is 5.91 Å². The summed E-state index contributed by atoms with van der Waals surface area (Å²) in [5.74, 6) is -2.00. The van der Waals surface area contributed by atoms with Gasteiger partial charge in [0.05, 0.1) is 23.0 Å². The summed E-state index contributed by atoms with van der Waals surface area (Å²) in [5, 5.41) is 9.48. The first-order valence-electron chi connectivity index (χ1n) is 7.82. The molecule has 6 nitrogen and oxygen atoms in total. The molecule has 1 fully saturated rings. The summed E-state index contributed by atoms with van der Waals surface area (Å²) >= 11 is 6.16. The predicted molar refractivity (Wildman–Crippen MR) is 90.1 cm³/mol.